The van der Waals surface area contributed by atoms with Crippen molar-refractivity contribution >= 4 is 79.0 Å². The minimum absolute atomic E-state index is 0. The van der Waals surface area contributed by atoms with Crippen molar-refractivity contribution in [2.24, 2.45) is 0 Å². The Hall–Kier alpha value is -2.14. The Morgan fingerprint density at radius 3 is 0.926 bits per heavy atom. The number of quaternary nitrogens is 4. The molecule has 0 aromatic heterocycles. The predicted molar refractivity (Wildman–Crippen MR) is 421 cm³/mol. The Morgan fingerprint density at radius 2 is 0.691 bits per heavy atom. The molecule has 5 aromatic rings. The van der Waals surface area contributed by atoms with Gasteiger partial charge in [0, 0.05) is 36.8 Å². The van der Waals surface area contributed by atoms with E-state index >= 15 is 0 Å². The van der Waals surface area contributed by atoms with Gasteiger partial charge in [-0.15, -0.1) is 0 Å². The topological polar surface area (TPSA) is 92.1 Å². The molecule has 2 saturated heterocycles. The van der Waals surface area contributed by atoms with Crippen molar-refractivity contribution in [3.05, 3.63) is 175 Å². The predicted octanol–water partition coefficient (Wildman–Crippen LogP) is 14.6. The van der Waals surface area contributed by atoms with Crippen LogP contribution in [0.2, 0.25) is 78.6 Å². The van der Waals surface area contributed by atoms with Gasteiger partial charge in [0.1, 0.15) is 51.4 Å². The van der Waals surface area contributed by atoms with E-state index in [2.05, 4.69) is 260 Å². The van der Waals surface area contributed by atoms with Crippen LogP contribution in [0, 0.1) is 0 Å². The quantitative estimate of drug-likeness (QED) is 0.0520. The second-order valence-corrected chi connectivity index (χ2v) is 54.5. The van der Waals surface area contributed by atoms with Crippen molar-refractivity contribution in [2.75, 3.05) is 39.3 Å². The molecular formula is C80H140Mg2N6O2Si4+4. The average Bonchev–Trinajstić information content (AvgIpc) is 0.919. The monoisotopic (exact) mass is 1380 g/mol. The molecule has 0 bridgehead atoms. The van der Waals surface area contributed by atoms with E-state index in [1.807, 2.05) is 36.4 Å². The van der Waals surface area contributed by atoms with Gasteiger partial charge in [-0.05, 0) is 67.9 Å². The summed E-state index contributed by atoms with van der Waals surface area (Å²) in [4.78, 5) is 6.62. The van der Waals surface area contributed by atoms with Crippen molar-refractivity contribution < 1.29 is 29.8 Å². The van der Waals surface area contributed by atoms with Crippen LogP contribution in [-0.2, 0) is 47.8 Å². The standard InChI is InChI=1S/2C31H48N2O.2C6H18NSi2.C6H6.2Mg/c2*1-8-9-17-33-18-13-16-27(33)23-32(21-24-14-11-10-12-15-24)22-25-19-26(30(2,3)4)20-28(29(25)34)31(5,6)7;2*1-8(2,3)7-9(4,5)6;1-2-4-6-5-3-1;;/h2*10-12,14-15,19-20,27,34H,8-9,13,16-18,21-23H2,1-7H3;2*1-6H3;1-6H;;/q;;2*-1;;2*+2/p+2/t2*27-;;;;;/m00...../s1. The second kappa shape index (κ2) is 40.9. The average molecular weight is 1380 g/mol. The Bertz CT molecular complexity index is 2620. The number of nitrogens with zero attached hydrogens (tertiary/aromatic N) is 2. The van der Waals surface area contributed by atoms with Gasteiger partial charge in [-0.2, -0.15) is 0 Å². The van der Waals surface area contributed by atoms with Crippen molar-refractivity contribution in [3.8, 4) is 11.5 Å². The number of unbranched alkanes of at least 4 members (excludes halogenated alkanes) is 2. The maximum Gasteiger partial charge on any atom is 2.00 e. The minimum atomic E-state index is -1.11. The van der Waals surface area contributed by atoms with Gasteiger partial charge in [0.2, 0.25) is 0 Å². The molecule has 14 heteroatoms. The molecule has 0 aliphatic carbocycles. The molecule has 4 unspecified atom stereocenters. The van der Waals surface area contributed by atoms with Gasteiger partial charge >= 0.3 is 46.1 Å². The fraction of sp³-hybridized carbons (Fsp3) is 0.625. The van der Waals surface area contributed by atoms with Crippen molar-refractivity contribution in [1.82, 2.24) is 0 Å². The number of rotatable bonds is 22. The summed E-state index contributed by atoms with van der Waals surface area (Å²) in [5, 5.41) is 27.4. The maximum absolute atomic E-state index is 13.7. The molecule has 5 aromatic carbocycles. The first-order valence-electron chi connectivity index (χ1n) is 36.0. The molecule has 2 heterocycles. The Kier molecular flexibility index (Phi) is 39.1. The van der Waals surface area contributed by atoms with E-state index in [4.69, 9.17) is 9.30 Å². The molecule has 0 amide bonds. The largest absolute Gasteiger partial charge is 2.00 e. The number of nitrogens with one attached hydrogen (secondary N) is 4. The molecule has 2 aliphatic heterocycles. The van der Waals surface area contributed by atoms with Gasteiger partial charge in [0.25, 0.3) is 0 Å². The molecule has 2 fully saturated rings. The van der Waals surface area contributed by atoms with Crippen molar-refractivity contribution in [2.45, 2.75) is 287 Å². The molecule has 0 spiro atoms. The summed E-state index contributed by atoms with van der Waals surface area (Å²) >= 11 is 0. The van der Waals surface area contributed by atoms with E-state index < -0.39 is 32.9 Å². The summed E-state index contributed by atoms with van der Waals surface area (Å²) in [7, 11) is -4.42. The van der Waals surface area contributed by atoms with Crippen molar-refractivity contribution in [3.63, 3.8) is 0 Å². The first kappa shape index (κ1) is 89.9. The summed E-state index contributed by atoms with van der Waals surface area (Å²) in [6.07, 6.45) is 10.5. The molecule has 2 aliphatic rings. The summed E-state index contributed by atoms with van der Waals surface area (Å²) in [5.74, 6) is 0.514. The van der Waals surface area contributed by atoms with E-state index in [1.54, 1.807) is 9.80 Å². The van der Waals surface area contributed by atoms with Gasteiger partial charge in [0.05, 0.1) is 26.2 Å². The zero-order valence-electron chi connectivity index (χ0n) is 65.6. The molecule has 4 N–H and O–H groups in total. The Labute approximate surface area is 616 Å². The summed E-state index contributed by atoms with van der Waals surface area (Å²) in [6.45, 7) is 69.7. The van der Waals surface area contributed by atoms with Gasteiger partial charge in [-0.1, -0.05) is 354 Å². The summed E-state index contributed by atoms with van der Waals surface area (Å²) in [5.41, 5.74) is 8.94. The zero-order valence-corrected chi connectivity index (χ0v) is 72.4. The van der Waals surface area contributed by atoms with E-state index in [0.717, 1.165) is 61.5 Å². The SMILES string of the molecule is CCCC[NH+]1CCC[C@H]1C[NH+](Cc1ccccc1)Cc1cc(C(C)(C)C)cc(C(C)(C)C)c1[O-].CCCC[NH+]1CCC[C@H]1C[NH+](Cc1ccccc1)Cc1cc(C(C)(C)C)cc(C(C)(C)C)c1[O-].C[Si](C)(C)[N-][Si](C)(C)C.C[Si](C)(C)[N-][Si](C)(C)C.[Mg+2].[Mg+2].c1ccccc1. The van der Waals surface area contributed by atoms with E-state index in [1.165, 1.54) is 110 Å². The molecule has 6 atom stereocenters. The summed E-state index contributed by atoms with van der Waals surface area (Å²) < 4.78 is 9.64. The fourth-order valence-electron chi connectivity index (χ4n) is 13.4. The van der Waals surface area contributed by atoms with Crippen LogP contribution >= 0.6 is 0 Å². The van der Waals surface area contributed by atoms with Crippen LogP contribution in [0.1, 0.15) is 193 Å². The fourth-order valence-corrected chi connectivity index (χ4v) is 29.5. The Balaban J connectivity index is 0.000000685. The van der Waals surface area contributed by atoms with Gasteiger partial charge in [-0.3, -0.25) is 0 Å². The van der Waals surface area contributed by atoms with Crippen LogP contribution in [0.25, 0.3) is 9.30 Å². The first-order chi connectivity index (χ1) is 42.4. The zero-order chi connectivity index (χ0) is 69.5. The van der Waals surface area contributed by atoms with Gasteiger partial charge in [0.15, 0.2) is 0 Å². The molecule has 518 valence electrons. The number of hydrogen-bond donors (Lipinski definition) is 4. The van der Waals surface area contributed by atoms with Crippen LogP contribution in [0.4, 0.5) is 0 Å². The van der Waals surface area contributed by atoms with Crippen LogP contribution in [-0.4, -0.2) is 130 Å². The van der Waals surface area contributed by atoms with Gasteiger partial charge < -0.3 is 39.1 Å². The first-order valence-corrected chi connectivity index (χ1v) is 49.8. The van der Waals surface area contributed by atoms with Gasteiger partial charge in [-0.25, -0.2) is 0 Å². The molecule has 94 heavy (non-hydrogen) atoms. The molecule has 8 nitrogen and oxygen atoms in total. The number of likely N-dealkylation sites (tertiary alicyclic amines) is 2. The Morgan fingerprint density at radius 1 is 0.415 bits per heavy atom. The number of hydrogen-bond acceptors (Lipinski definition) is 2. The van der Waals surface area contributed by atoms with E-state index in [0.29, 0.717) is 12.1 Å². The smallest absolute Gasteiger partial charge is 0.872 e. The third kappa shape index (κ3) is 36.3. The molecule has 0 saturated carbocycles. The van der Waals surface area contributed by atoms with E-state index in [-0.39, 0.29) is 79.3 Å². The molecular weight excluding hydrogens is 1240 g/mol. The third-order valence-electron chi connectivity index (χ3n) is 17.2. The third-order valence-corrected chi connectivity index (χ3v) is 27.9. The minimum Gasteiger partial charge on any atom is -0.872 e. The van der Waals surface area contributed by atoms with Crippen LogP contribution in [0.15, 0.2) is 121 Å². The number of benzene rings is 5. The van der Waals surface area contributed by atoms with Crippen molar-refractivity contribution in [1.29, 1.82) is 0 Å². The van der Waals surface area contributed by atoms with Crippen LogP contribution in [0.5, 0.6) is 11.5 Å². The maximum atomic E-state index is 13.7. The molecule has 0 radical (unpaired) electrons. The second-order valence-electron chi connectivity index (χ2n) is 35.4. The normalized spacial score (nSPS) is 17.6. The molecule has 7 rings (SSSR count). The van der Waals surface area contributed by atoms with Crippen LogP contribution < -0.4 is 29.8 Å². The summed E-state index contributed by atoms with van der Waals surface area (Å²) in [6, 6.07) is 43.9. The van der Waals surface area contributed by atoms with Crippen LogP contribution in [0.3, 0.4) is 0 Å². The van der Waals surface area contributed by atoms with E-state index in [9.17, 15) is 10.2 Å².